The number of aromatic hydroxyl groups is 1. The number of phenolic OH excluding ortho intramolecular Hbond substituents is 1. The van der Waals surface area contributed by atoms with Gasteiger partial charge in [-0.15, -0.1) is 0 Å². The van der Waals surface area contributed by atoms with E-state index in [4.69, 9.17) is 9.84 Å². The van der Waals surface area contributed by atoms with Crippen LogP contribution in [0.15, 0.2) is 16.6 Å². The highest BCUT2D eigenvalue weighted by Crippen LogP contribution is 2.47. The number of phenols is 1. The fourth-order valence-electron chi connectivity index (χ4n) is 3.84. The van der Waals surface area contributed by atoms with Gasteiger partial charge in [0.2, 0.25) is 11.8 Å². The third-order valence-corrected chi connectivity index (χ3v) is 5.86. The molecule has 9 heteroatoms. The Kier molecular flexibility index (Phi) is 5.42. The molecule has 0 bridgehead atoms. The van der Waals surface area contributed by atoms with E-state index in [1.807, 2.05) is 0 Å². The highest BCUT2D eigenvalue weighted by Gasteiger charge is 2.47. The summed E-state index contributed by atoms with van der Waals surface area (Å²) in [5.74, 6) is -1.73. The number of aliphatic carboxylic acids is 1. The van der Waals surface area contributed by atoms with Crippen LogP contribution in [-0.4, -0.2) is 53.3 Å². The van der Waals surface area contributed by atoms with Gasteiger partial charge in [0, 0.05) is 17.5 Å². The molecule has 1 saturated heterocycles. The van der Waals surface area contributed by atoms with Gasteiger partial charge in [0.15, 0.2) is 0 Å². The maximum atomic E-state index is 12.9. The first-order chi connectivity index (χ1) is 13.1. The molecule has 2 aliphatic rings. The molecule has 0 spiro atoms. The largest absolute Gasteiger partial charge is 0.506 e. The number of halogens is 1. The van der Waals surface area contributed by atoms with Crippen molar-refractivity contribution in [1.29, 1.82) is 0 Å². The van der Waals surface area contributed by atoms with E-state index in [1.54, 1.807) is 19.9 Å². The minimum absolute atomic E-state index is 0.0825. The summed E-state index contributed by atoms with van der Waals surface area (Å²) in [4.78, 5) is 37.9. The van der Waals surface area contributed by atoms with E-state index in [0.29, 0.717) is 28.8 Å². The lowest BCUT2D eigenvalue weighted by molar-refractivity contribution is -0.138. The van der Waals surface area contributed by atoms with Crippen molar-refractivity contribution in [2.45, 2.75) is 44.1 Å². The van der Waals surface area contributed by atoms with Crippen molar-refractivity contribution in [3.8, 4) is 5.75 Å². The van der Waals surface area contributed by atoms with Gasteiger partial charge < -0.3 is 20.3 Å². The summed E-state index contributed by atoms with van der Waals surface area (Å²) in [6.07, 6.45) is 0.680. The van der Waals surface area contributed by atoms with Gasteiger partial charge in [-0.3, -0.25) is 19.3 Å². The summed E-state index contributed by atoms with van der Waals surface area (Å²) in [6.45, 7) is 3.90. The molecule has 8 nitrogen and oxygen atoms in total. The van der Waals surface area contributed by atoms with Crippen molar-refractivity contribution in [1.82, 2.24) is 5.32 Å². The number of hydrogen-bond acceptors (Lipinski definition) is 5. The number of fused-ring (bicyclic) bond motifs is 1. The van der Waals surface area contributed by atoms with E-state index < -0.39 is 22.8 Å². The fraction of sp³-hybridized carbons (Fsp3) is 0.526. The zero-order valence-electron chi connectivity index (χ0n) is 15.7. The SMILES string of the molecule is CC1(C)C(=O)N(CC(=O)N[C@]2(CCC(=O)O)CCOC2)c2c(O)cc(Br)cc21. The van der Waals surface area contributed by atoms with Gasteiger partial charge in [-0.1, -0.05) is 15.9 Å². The summed E-state index contributed by atoms with van der Waals surface area (Å²) in [5, 5.41) is 22.2. The number of benzene rings is 1. The Balaban J connectivity index is 1.81. The quantitative estimate of drug-likeness (QED) is 0.604. The van der Waals surface area contributed by atoms with Gasteiger partial charge in [-0.05, 0) is 44.4 Å². The number of carboxylic acids is 1. The normalized spacial score (nSPS) is 23.0. The van der Waals surface area contributed by atoms with Gasteiger partial charge in [-0.2, -0.15) is 0 Å². The first kappa shape index (κ1) is 20.6. The van der Waals surface area contributed by atoms with E-state index in [-0.39, 0.29) is 37.6 Å². The molecule has 0 aromatic heterocycles. The predicted octanol–water partition coefficient (Wildman–Crippen LogP) is 1.92. The monoisotopic (exact) mass is 454 g/mol. The molecule has 2 amide bonds. The Morgan fingerprint density at radius 2 is 2.07 bits per heavy atom. The molecule has 0 radical (unpaired) electrons. The molecule has 28 heavy (non-hydrogen) atoms. The van der Waals surface area contributed by atoms with Gasteiger partial charge in [0.1, 0.15) is 12.3 Å². The molecule has 152 valence electrons. The van der Waals surface area contributed by atoms with Crippen LogP contribution in [-0.2, 0) is 24.5 Å². The minimum Gasteiger partial charge on any atom is -0.506 e. The summed E-state index contributed by atoms with van der Waals surface area (Å²) >= 11 is 3.32. The average molecular weight is 455 g/mol. The number of nitrogens with zero attached hydrogens (tertiary/aromatic N) is 1. The summed E-state index contributed by atoms with van der Waals surface area (Å²) in [6, 6.07) is 3.25. The van der Waals surface area contributed by atoms with Crippen LogP contribution < -0.4 is 10.2 Å². The Hall–Kier alpha value is -2.13. The third kappa shape index (κ3) is 3.73. The van der Waals surface area contributed by atoms with E-state index in [9.17, 15) is 19.5 Å². The molecular weight excluding hydrogens is 432 g/mol. The molecule has 1 aromatic carbocycles. The first-order valence-corrected chi connectivity index (χ1v) is 9.80. The van der Waals surface area contributed by atoms with Crippen LogP contribution in [0.3, 0.4) is 0 Å². The number of amides is 2. The van der Waals surface area contributed by atoms with Gasteiger partial charge >= 0.3 is 5.97 Å². The van der Waals surface area contributed by atoms with Crippen LogP contribution in [0.25, 0.3) is 0 Å². The highest BCUT2D eigenvalue weighted by molar-refractivity contribution is 9.10. The predicted molar refractivity (Wildman–Crippen MR) is 104 cm³/mol. The smallest absolute Gasteiger partial charge is 0.303 e. The van der Waals surface area contributed by atoms with Crippen molar-refractivity contribution in [2.24, 2.45) is 0 Å². The second kappa shape index (κ2) is 7.36. The van der Waals surface area contributed by atoms with Crippen LogP contribution in [0.1, 0.15) is 38.7 Å². The molecular formula is C19H23BrN2O6. The number of hydrogen-bond donors (Lipinski definition) is 3. The number of nitrogens with one attached hydrogen (secondary N) is 1. The van der Waals surface area contributed by atoms with E-state index in [1.165, 1.54) is 11.0 Å². The zero-order valence-corrected chi connectivity index (χ0v) is 17.3. The fourth-order valence-corrected chi connectivity index (χ4v) is 4.29. The summed E-state index contributed by atoms with van der Waals surface area (Å²) in [5.41, 5.74) is -0.662. The second-order valence-electron chi connectivity index (χ2n) is 7.86. The third-order valence-electron chi connectivity index (χ3n) is 5.40. The number of carboxylic acid groups (broad SMARTS) is 1. The van der Waals surface area contributed by atoms with Crippen LogP contribution in [0.5, 0.6) is 5.75 Å². The van der Waals surface area contributed by atoms with Crippen LogP contribution in [0.4, 0.5) is 5.69 Å². The number of carbonyl (C=O) groups excluding carboxylic acids is 2. The maximum absolute atomic E-state index is 12.9. The zero-order chi connectivity index (χ0) is 20.7. The Bertz CT molecular complexity index is 832. The van der Waals surface area contributed by atoms with E-state index in [2.05, 4.69) is 21.2 Å². The molecule has 0 unspecified atom stereocenters. The second-order valence-corrected chi connectivity index (χ2v) is 8.78. The van der Waals surface area contributed by atoms with Gasteiger partial charge in [0.05, 0.1) is 23.2 Å². The number of ether oxygens (including phenoxy) is 1. The van der Waals surface area contributed by atoms with Crippen molar-refractivity contribution in [2.75, 3.05) is 24.7 Å². The summed E-state index contributed by atoms with van der Waals surface area (Å²) in [7, 11) is 0. The van der Waals surface area contributed by atoms with Gasteiger partial charge in [0.25, 0.3) is 0 Å². The Morgan fingerprint density at radius 3 is 2.68 bits per heavy atom. The standard InChI is InChI=1S/C19H23BrN2O6/c1-18(2)12-7-11(20)8-13(23)16(12)22(17(18)27)9-14(24)21-19(4-3-15(25)26)5-6-28-10-19/h7-8,23H,3-6,9-10H2,1-2H3,(H,21,24)(H,25,26)/t19-/m1/s1. The molecule has 1 aromatic rings. The average Bonchev–Trinajstić information content (AvgIpc) is 3.12. The van der Waals surface area contributed by atoms with Crippen LogP contribution in [0, 0.1) is 0 Å². The van der Waals surface area contributed by atoms with Crippen molar-refractivity contribution >= 4 is 39.4 Å². The lowest BCUT2D eigenvalue weighted by Gasteiger charge is -2.29. The Morgan fingerprint density at radius 1 is 1.36 bits per heavy atom. The molecule has 3 rings (SSSR count). The number of carbonyl (C=O) groups is 3. The molecule has 3 N–H and O–H groups in total. The van der Waals surface area contributed by atoms with Gasteiger partial charge in [-0.25, -0.2) is 0 Å². The van der Waals surface area contributed by atoms with Crippen LogP contribution in [0.2, 0.25) is 0 Å². The molecule has 1 atom stereocenters. The molecule has 0 aliphatic carbocycles. The van der Waals surface area contributed by atoms with Crippen molar-refractivity contribution in [3.63, 3.8) is 0 Å². The molecule has 2 heterocycles. The Labute approximate surface area is 171 Å². The lowest BCUT2D eigenvalue weighted by atomic mass is 9.86. The summed E-state index contributed by atoms with van der Waals surface area (Å²) < 4.78 is 6.02. The van der Waals surface area contributed by atoms with E-state index >= 15 is 0 Å². The van der Waals surface area contributed by atoms with Crippen LogP contribution >= 0.6 is 15.9 Å². The maximum Gasteiger partial charge on any atom is 0.303 e. The molecule has 0 saturated carbocycles. The van der Waals surface area contributed by atoms with E-state index in [0.717, 1.165) is 0 Å². The lowest BCUT2D eigenvalue weighted by Crippen LogP contribution is -2.53. The number of anilines is 1. The highest BCUT2D eigenvalue weighted by atomic mass is 79.9. The first-order valence-electron chi connectivity index (χ1n) is 9.01. The topological polar surface area (TPSA) is 116 Å². The number of rotatable bonds is 6. The molecule has 2 aliphatic heterocycles. The molecule has 1 fully saturated rings. The minimum atomic E-state index is -0.943. The van der Waals surface area contributed by atoms with Crippen molar-refractivity contribution in [3.05, 3.63) is 22.2 Å². The van der Waals surface area contributed by atoms with Crippen molar-refractivity contribution < 1.29 is 29.3 Å².